The standard InChI is InChI=1S/C20H17ClIN5O2S2/c21-20-25-16(23-8-10-3-1-4-11(22)7-10)14-18(26-20)27(19-15(29)12(28)9-31-19)17(24-14)13-5-2-6-30-13/h1-7,12,15,19,28-29H,8-9H2,(H,23,25,26)/t12-,15-,19-/m1/s1. The summed E-state index contributed by atoms with van der Waals surface area (Å²) >= 11 is 11.6. The van der Waals surface area contributed by atoms with Gasteiger partial charge in [-0.2, -0.15) is 9.97 Å². The Morgan fingerprint density at radius 1 is 1.19 bits per heavy atom. The largest absolute Gasteiger partial charge is 0.389 e. The van der Waals surface area contributed by atoms with Crippen LogP contribution >= 0.6 is 57.3 Å². The molecular weight excluding hydrogens is 569 g/mol. The van der Waals surface area contributed by atoms with Gasteiger partial charge in [-0.15, -0.1) is 23.1 Å². The SMILES string of the molecule is O[C@@H]1[C@H](O)CS[C@H]1n1c(-c2cccs2)nc2c(NCc3cccc(I)c3)nc(Cl)nc21. The Balaban J connectivity index is 1.62. The third kappa shape index (κ3) is 4.16. The molecule has 0 spiro atoms. The second-order valence-corrected chi connectivity index (χ2v) is 10.7. The molecule has 5 rings (SSSR count). The Kier molecular flexibility index (Phi) is 6.10. The van der Waals surface area contributed by atoms with Crippen molar-refractivity contribution in [2.45, 2.75) is 24.1 Å². The summed E-state index contributed by atoms with van der Waals surface area (Å²) in [7, 11) is 0. The fraction of sp³-hybridized carbons (Fsp3) is 0.250. The van der Waals surface area contributed by atoms with Crippen molar-refractivity contribution in [1.29, 1.82) is 0 Å². The van der Waals surface area contributed by atoms with Crippen LogP contribution < -0.4 is 5.32 Å². The van der Waals surface area contributed by atoms with Gasteiger partial charge in [-0.25, -0.2) is 4.98 Å². The predicted molar refractivity (Wildman–Crippen MR) is 134 cm³/mol. The van der Waals surface area contributed by atoms with Crippen LogP contribution in [0.25, 0.3) is 21.9 Å². The van der Waals surface area contributed by atoms with Crippen molar-refractivity contribution < 1.29 is 10.2 Å². The third-order valence-corrected chi connectivity index (χ3v) is 8.05. The van der Waals surface area contributed by atoms with E-state index in [4.69, 9.17) is 16.6 Å². The first-order valence-electron chi connectivity index (χ1n) is 9.46. The lowest BCUT2D eigenvalue weighted by molar-refractivity contribution is 0.0316. The molecule has 1 aromatic carbocycles. The number of thioether (sulfide) groups is 1. The molecule has 0 amide bonds. The number of halogens is 2. The van der Waals surface area contributed by atoms with Gasteiger partial charge in [-0.1, -0.05) is 18.2 Å². The van der Waals surface area contributed by atoms with E-state index in [0.717, 1.165) is 14.0 Å². The molecule has 1 aliphatic rings. The smallest absolute Gasteiger partial charge is 0.226 e. The molecule has 0 unspecified atom stereocenters. The highest BCUT2D eigenvalue weighted by Gasteiger charge is 2.38. The highest BCUT2D eigenvalue weighted by atomic mass is 127. The first-order chi connectivity index (χ1) is 15.0. The lowest BCUT2D eigenvalue weighted by atomic mass is 10.2. The molecule has 3 N–H and O–H groups in total. The first-order valence-corrected chi connectivity index (χ1v) is 12.8. The molecule has 3 aromatic heterocycles. The zero-order valence-corrected chi connectivity index (χ0v) is 20.5. The molecule has 1 aliphatic heterocycles. The van der Waals surface area contributed by atoms with Gasteiger partial charge in [0.2, 0.25) is 5.28 Å². The minimum atomic E-state index is -0.933. The maximum absolute atomic E-state index is 10.6. The summed E-state index contributed by atoms with van der Waals surface area (Å²) in [4.78, 5) is 14.6. The van der Waals surface area contributed by atoms with E-state index in [-0.39, 0.29) is 5.28 Å². The maximum atomic E-state index is 10.6. The molecule has 0 bridgehead atoms. The van der Waals surface area contributed by atoms with E-state index >= 15 is 0 Å². The summed E-state index contributed by atoms with van der Waals surface area (Å²) in [5.74, 6) is 1.64. The normalized spacial score (nSPS) is 21.1. The number of benzene rings is 1. The number of hydrogen-bond acceptors (Lipinski definition) is 8. The lowest BCUT2D eigenvalue weighted by Gasteiger charge is -2.19. The summed E-state index contributed by atoms with van der Waals surface area (Å²) in [5.41, 5.74) is 2.21. The second-order valence-electron chi connectivity index (χ2n) is 7.06. The van der Waals surface area contributed by atoms with Crippen LogP contribution in [-0.2, 0) is 6.54 Å². The molecule has 31 heavy (non-hydrogen) atoms. The van der Waals surface area contributed by atoms with Crippen LogP contribution in [0.3, 0.4) is 0 Å². The van der Waals surface area contributed by atoms with Gasteiger partial charge in [0.15, 0.2) is 22.8 Å². The van der Waals surface area contributed by atoms with Crippen LogP contribution in [0, 0.1) is 3.57 Å². The lowest BCUT2D eigenvalue weighted by Crippen LogP contribution is -2.28. The summed E-state index contributed by atoms with van der Waals surface area (Å²) in [6.07, 6.45) is -1.74. The number of aromatic nitrogens is 4. The quantitative estimate of drug-likeness (QED) is 0.236. The van der Waals surface area contributed by atoms with E-state index in [1.165, 1.54) is 11.8 Å². The number of fused-ring (bicyclic) bond motifs is 1. The van der Waals surface area contributed by atoms with Gasteiger partial charge >= 0.3 is 0 Å². The molecule has 1 fully saturated rings. The minimum Gasteiger partial charge on any atom is -0.389 e. The highest BCUT2D eigenvalue weighted by Crippen LogP contribution is 2.42. The molecule has 0 saturated carbocycles. The minimum absolute atomic E-state index is 0.0922. The number of aliphatic hydroxyl groups excluding tert-OH is 2. The number of anilines is 1. The monoisotopic (exact) mass is 585 g/mol. The van der Waals surface area contributed by atoms with Crippen LogP contribution in [-0.4, -0.2) is 47.7 Å². The summed E-state index contributed by atoms with van der Waals surface area (Å²) in [5, 5.41) is 25.7. The number of rotatable bonds is 5. The fourth-order valence-electron chi connectivity index (χ4n) is 3.54. The van der Waals surface area contributed by atoms with Gasteiger partial charge in [0.25, 0.3) is 0 Å². The Morgan fingerprint density at radius 2 is 2.06 bits per heavy atom. The van der Waals surface area contributed by atoms with E-state index in [2.05, 4.69) is 43.9 Å². The second kappa shape index (κ2) is 8.83. The van der Waals surface area contributed by atoms with Gasteiger partial charge in [-0.3, -0.25) is 4.57 Å². The van der Waals surface area contributed by atoms with E-state index in [1.54, 1.807) is 11.3 Å². The van der Waals surface area contributed by atoms with E-state index in [1.807, 2.05) is 40.3 Å². The van der Waals surface area contributed by atoms with Crippen molar-refractivity contribution in [2.75, 3.05) is 11.1 Å². The number of aliphatic hydroxyl groups is 2. The topological polar surface area (TPSA) is 96.1 Å². The van der Waals surface area contributed by atoms with Gasteiger partial charge in [0.05, 0.1) is 11.0 Å². The van der Waals surface area contributed by atoms with Crippen LogP contribution in [0.2, 0.25) is 5.28 Å². The molecule has 0 aliphatic carbocycles. The van der Waals surface area contributed by atoms with E-state index in [0.29, 0.717) is 35.1 Å². The van der Waals surface area contributed by atoms with Gasteiger partial charge in [0.1, 0.15) is 11.5 Å². The zero-order valence-electron chi connectivity index (χ0n) is 15.9. The Bertz CT molecular complexity index is 1240. The molecule has 4 aromatic rings. The molecule has 3 atom stereocenters. The zero-order chi connectivity index (χ0) is 21.5. The Morgan fingerprint density at radius 3 is 2.77 bits per heavy atom. The van der Waals surface area contributed by atoms with Crippen molar-refractivity contribution in [3.05, 3.63) is 56.2 Å². The summed E-state index contributed by atoms with van der Waals surface area (Å²) in [6.45, 7) is 0.556. The average molecular weight is 586 g/mol. The Hall–Kier alpha value is -1.44. The van der Waals surface area contributed by atoms with E-state index < -0.39 is 17.6 Å². The van der Waals surface area contributed by atoms with Crippen molar-refractivity contribution in [1.82, 2.24) is 19.5 Å². The first kappa shape index (κ1) is 21.4. The van der Waals surface area contributed by atoms with Crippen molar-refractivity contribution in [2.24, 2.45) is 0 Å². The number of imidazole rings is 1. The van der Waals surface area contributed by atoms with Crippen molar-refractivity contribution in [3.63, 3.8) is 0 Å². The fourth-order valence-corrected chi connectivity index (χ4v) is 6.34. The molecule has 1 saturated heterocycles. The number of nitrogens with one attached hydrogen (secondary N) is 1. The highest BCUT2D eigenvalue weighted by molar-refractivity contribution is 14.1. The third-order valence-electron chi connectivity index (χ3n) is 4.98. The van der Waals surface area contributed by atoms with Gasteiger partial charge in [0, 0.05) is 15.9 Å². The van der Waals surface area contributed by atoms with Crippen LogP contribution in [0.5, 0.6) is 0 Å². The molecular formula is C20H17ClIN5O2S2. The average Bonchev–Trinajstić information content (AvgIpc) is 3.46. The van der Waals surface area contributed by atoms with Crippen LogP contribution in [0.15, 0.2) is 41.8 Å². The number of thiophene rings is 1. The molecule has 4 heterocycles. The number of hydrogen-bond donors (Lipinski definition) is 3. The van der Waals surface area contributed by atoms with Gasteiger partial charge < -0.3 is 15.5 Å². The van der Waals surface area contributed by atoms with Crippen molar-refractivity contribution in [3.8, 4) is 10.7 Å². The predicted octanol–water partition coefficient (Wildman–Crippen LogP) is 4.39. The van der Waals surface area contributed by atoms with Crippen LogP contribution in [0.1, 0.15) is 10.9 Å². The molecule has 160 valence electrons. The number of nitrogens with zero attached hydrogens (tertiary/aromatic N) is 4. The molecule has 0 radical (unpaired) electrons. The van der Waals surface area contributed by atoms with Crippen molar-refractivity contribution >= 4 is 74.3 Å². The van der Waals surface area contributed by atoms with Crippen LogP contribution in [0.4, 0.5) is 5.82 Å². The maximum Gasteiger partial charge on any atom is 0.226 e. The van der Waals surface area contributed by atoms with Gasteiger partial charge in [-0.05, 0) is 63.3 Å². The summed E-state index contributed by atoms with van der Waals surface area (Å²) < 4.78 is 3.02. The van der Waals surface area contributed by atoms with E-state index in [9.17, 15) is 10.2 Å². The summed E-state index contributed by atoms with van der Waals surface area (Å²) in [6, 6.07) is 12.1. The molecule has 11 heteroatoms. The molecule has 7 nitrogen and oxygen atoms in total. The Labute approximate surface area is 205 Å².